The number of thiophene rings is 1. The highest BCUT2D eigenvalue weighted by Gasteiger charge is 2.31. The minimum absolute atomic E-state index is 0.0120. The summed E-state index contributed by atoms with van der Waals surface area (Å²) in [5.74, 6) is 0.554. The largest absolute Gasteiger partial charge is 0.455 e. The van der Waals surface area contributed by atoms with Gasteiger partial charge in [0.1, 0.15) is 17.5 Å². The highest BCUT2D eigenvalue weighted by atomic mass is 35.5. The van der Waals surface area contributed by atoms with E-state index in [0.717, 1.165) is 21.9 Å². The molecule has 3 heterocycles. The van der Waals surface area contributed by atoms with Gasteiger partial charge >= 0.3 is 6.18 Å². The molecule has 30 heavy (non-hydrogen) atoms. The molecule has 0 fully saturated rings. The Morgan fingerprint density at radius 1 is 1.23 bits per heavy atom. The number of ether oxygens (including phenoxy) is 1. The molecule has 0 saturated heterocycles. The number of halogens is 4. The number of hydrogen-bond donors (Lipinski definition) is 1. The Morgan fingerprint density at radius 3 is 2.80 bits per heavy atom. The molecule has 0 spiro atoms. The molecule has 1 aliphatic heterocycles. The Morgan fingerprint density at radius 2 is 2.07 bits per heavy atom. The molecular weight excluding hydrogens is 439 g/mol. The summed E-state index contributed by atoms with van der Waals surface area (Å²) in [4.78, 5) is 11.6. The molecule has 156 valence electrons. The summed E-state index contributed by atoms with van der Waals surface area (Å²) in [6, 6.07) is 9.99. The van der Waals surface area contributed by atoms with E-state index in [1.807, 2.05) is 19.1 Å². The average Bonchev–Trinajstić information content (AvgIpc) is 3.15. The van der Waals surface area contributed by atoms with Gasteiger partial charge in [0.15, 0.2) is 11.6 Å². The molecule has 4 rings (SSSR count). The van der Waals surface area contributed by atoms with Crippen LogP contribution in [-0.2, 0) is 11.0 Å². The number of nitrogens with one attached hydrogen (secondary N) is 1. The molecule has 0 bridgehead atoms. The van der Waals surface area contributed by atoms with E-state index in [4.69, 9.17) is 21.2 Å². The molecule has 10 heteroatoms. The molecule has 2 aromatic heterocycles. The van der Waals surface area contributed by atoms with Crippen molar-refractivity contribution in [3.63, 3.8) is 0 Å². The SMILES string of the molecule is Cc1ccc([C@@H]2CON=C(c3cc(Cl)ncc3Oc3cccc(C(F)(F)F)c3)N2)s1. The quantitative estimate of drug-likeness (QED) is 0.497. The van der Waals surface area contributed by atoms with Crippen molar-refractivity contribution in [3.8, 4) is 11.5 Å². The number of benzene rings is 1. The van der Waals surface area contributed by atoms with Crippen molar-refractivity contribution in [1.29, 1.82) is 0 Å². The van der Waals surface area contributed by atoms with E-state index in [0.29, 0.717) is 18.0 Å². The fourth-order valence-corrected chi connectivity index (χ4v) is 3.95. The Balaban J connectivity index is 1.63. The van der Waals surface area contributed by atoms with E-state index in [2.05, 4.69) is 15.5 Å². The number of oxime groups is 1. The lowest BCUT2D eigenvalue weighted by Gasteiger charge is -2.24. The fourth-order valence-electron chi connectivity index (χ4n) is 2.88. The molecule has 1 N–H and O–H groups in total. The van der Waals surface area contributed by atoms with Crippen LogP contribution in [0.3, 0.4) is 0 Å². The molecular formula is C20H15ClF3N3O2S. The van der Waals surface area contributed by atoms with E-state index in [9.17, 15) is 13.2 Å². The van der Waals surface area contributed by atoms with E-state index in [-0.39, 0.29) is 22.7 Å². The van der Waals surface area contributed by atoms with E-state index >= 15 is 0 Å². The summed E-state index contributed by atoms with van der Waals surface area (Å²) in [5.41, 5.74) is -0.390. The number of aryl methyl sites for hydroxylation is 1. The monoisotopic (exact) mass is 453 g/mol. The molecule has 0 unspecified atom stereocenters. The lowest BCUT2D eigenvalue weighted by molar-refractivity contribution is -0.137. The second-order valence-corrected chi connectivity index (χ2v) is 8.22. The van der Waals surface area contributed by atoms with Gasteiger partial charge < -0.3 is 14.9 Å². The lowest BCUT2D eigenvalue weighted by atomic mass is 10.1. The normalized spacial score (nSPS) is 16.4. The standard InChI is InChI=1S/C20H15ClF3N3O2S/c1-11-5-6-17(30-11)15-10-28-27-19(26-15)14-8-18(21)25-9-16(14)29-13-4-2-3-12(7-13)20(22,23)24/h2-9,15H,10H2,1H3,(H,26,27)/t15-/m0/s1. The lowest BCUT2D eigenvalue weighted by Crippen LogP contribution is -2.35. The van der Waals surface area contributed by atoms with Gasteiger partial charge in [0.2, 0.25) is 0 Å². The van der Waals surface area contributed by atoms with Crippen molar-refractivity contribution in [2.45, 2.75) is 19.1 Å². The predicted octanol–water partition coefficient (Wildman–Crippen LogP) is 5.94. The van der Waals surface area contributed by atoms with Crippen molar-refractivity contribution in [1.82, 2.24) is 10.3 Å². The number of rotatable bonds is 4. The summed E-state index contributed by atoms with van der Waals surface area (Å²) >= 11 is 7.68. The molecule has 1 aromatic carbocycles. The van der Waals surface area contributed by atoms with Gasteiger partial charge in [0.25, 0.3) is 0 Å². The van der Waals surface area contributed by atoms with Crippen molar-refractivity contribution in [2.75, 3.05) is 6.61 Å². The fraction of sp³-hybridized carbons (Fsp3) is 0.200. The van der Waals surface area contributed by atoms with Gasteiger partial charge in [-0.15, -0.1) is 11.3 Å². The van der Waals surface area contributed by atoms with Crippen LogP contribution in [0.1, 0.15) is 26.9 Å². The van der Waals surface area contributed by atoms with E-state index in [1.165, 1.54) is 24.4 Å². The molecule has 0 amide bonds. The van der Waals surface area contributed by atoms with Crippen LogP contribution in [0.4, 0.5) is 13.2 Å². The third-order valence-electron chi connectivity index (χ3n) is 4.29. The van der Waals surface area contributed by atoms with Gasteiger partial charge in [-0.3, -0.25) is 0 Å². The maximum Gasteiger partial charge on any atom is 0.416 e. The Bertz CT molecular complexity index is 1100. The molecule has 1 atom stereocenters. The smallest absolute Gasteiger partial charge is 0.416 e. The van der Waals surface area contributed by atoms with Crippen molar-refractivity contribution in [2.24, 2.45) is 5.16 Å². The third kappa shape index (κ3) is 4.52. The summed E-state index contributed by atoms with van der Waals surface area (Å²) in [6.07, 6.45) is -3.14. The number of hydrogen-bond acceptors (Lipinski definition) is 6. The zero-order valence-electron chi connectivity index (χ0n) is 15.5. The number of aromatic nitrogens is 1. The first kappa shape index (κ1) is 20.5. The second kappa shape index (κ2) is 8.16. The van der Waals surface area contributed by atoms with Crippen LogP contribution < -0.4 is 10.1 Å². The van der Waals surface area contributed by atoms with Crippen molar-refractivity contribution >= 4 is 28.8 Å². The minimum Gasteiger partial charge on any atom is -0.455 e. The molecule has 0 aliphatic carbocycles. The predicted molar refractivity (Wildman–Crippen MR) is 108 cm³/mol. The maximum absolute atomic E-state index is 13.0. The molecule has 5 nitrogen and oxygen atoms in total. The van der Waals surface area contributed by atoms with E-state index < -0.39 is 11.7 Å². The Labute approximate surface area is 179 Å². The molecule has 3 aromatic rings. The number of alkyl halides is 3. The van der Waals surface area contributed by atoms with Crippen LogP contribution in [-0.4, -0.2) is 17.4 Å². The Hall–Kier alpha value is -2.78. The van der Waals surface area contributed by atoms with Crippen LogP contribution in [0.5, 0.6) is 11.5 Å². The van der Waals surface area contributed by atoms with Gasteiger partial charge in [-0.2, -0.15) is 13.2 Å². The van der Waals surface area contributed by atoms with Gasteiger partial charge in [-0.05, 0) is 43.3 Å². The van der Waals surface area contributed by atoms with Crippen LogP contribution in [0.2, 0.25) is 5.15 Å². The summed E-state index contributed by atoms with van der Waals surface area (Å²) in [7, 11) is 0. The number of pyridine rings is 1. The van der Waals surface area contributed by atoms with Crippen LogP contribution in [0.15, 0.2) is 53.8 Å². The maximum atomic E-state index is 13.0. The first-order valence-corrected chi connectivity index (χ1v) is 10.0. The minimum atomic E-state index is -4.48. The topological polar surface area (TPSA) is 55.7 Å². The van der Waals surface area contributed by atoms with Gasteiger partial charge in [0, 0.05) is 9.75 Å². The zero-order valence-corrected chi connectivity index (χ0v) is 17.1. The molecule has 0 radical (unpaired) electrons. The summed E-state index contributed by atoms with van der Waals surface area (Å²) in [6.45, 7) is 2.35. The third-order valence-corrected chi connectivity index (χ3v) is 5.61. The van der Waals surface area contributed by atoms with Crippen molar-refractivity contribution < 1.29 is 22.7 Å². The summed E-state index contributed by atoms with van der Waals surface area (Å²) < 4.78 is 44.7. The summed E-state index contributed by atoms with van der Waals surface area (Å²) in [5, 5.41) is 7.50. The molecule has 0 saturated carbocycles. The average molecular weight is 454 g/mol. The highest BCUT2D eigenvalue weighted by Crippen LogP contribution is 2.34. The van der Waals surface area contributed by atoms with Gasteiger partial charge in [-0.25, -0.2) is 4.98 Å². The van der Waals surface area contributed by atoms with Crippen LogP contribution in [0, 0.1) is 6.92 Å². The van der Waals surface area contributed by atoms with Crippen LogP contribution >= 0.6 is 22.9 Å². The number of nitrogens with zero attached hydrogens (tertiary/aromatic N) is 2. The first-order valence-electron chi connectivity index (χ1n) is 8.83. The van der Waals surface area contributed by atoms with Gasteiger partial charge in [-0.1, -0.05) is 22.8 Å². The first-order chi connectivity index (χ1) is 14.3. The van der Waals surface area contributed by atoms with E-state index in [1.54, 1.807) is 11.3 Å². The van der Waals surface area contributed by atoms with Crippen LogP contribution in [0.25, 0.3) is 0 Å². The Kier molecular flexibility index (Phi) is 5.57. The zero-order chi connectivity index (χ0) is 21.3. The van der Waals surface area contributed by atoms with Gasteiger partial charge in [0.05, 0.1) is 23.4 Å². The second-order valence-electron chi connectivity index (χ2n) is 6.51. The van der Waals surface area contributed by atoms with Crippen molar-refractivity contribution in [3.05, 3.63) is 74.7 Å². The molecule has 1 aliphatic rings. The highest BCUT2D eigenvalue weighted by molar-refractivity contribution is 7.12. The number of amidine groups is 1.